The van der Waals surface area contributed by atoms with Crippen LogP contribution in [0.2, 0.25) is 0 Å². The van der Waals surface area contributed by atoms with Crippen LogP contribution >= 0.6 is 0 Å². The van der Waals surface area contributed by atoms with Crippen molar-refractivity contribution in [2.45, 2.75) is 32.9 Å². The average molecular weight is 480 g/mol. The van der Waals surface area contributed by atoms with E-state index in [0.717, 1.165) is 46.6 Å². The van der Waals surface area contributed by atoms with Crippen LogP contribution in [0.4, 0.5) is 13.2 Å². The third kappa shape index (κ3) is 8.21. The lowest BCUT2D eigenvalue weighted by Gasteiger charge is -2.18. The van der Waals surface area contributed by atoms with Gasteiger partial charge in [-0.2, -0.15) is 13.2 Å². The molecular formula is C30H32F3NO. The number of ether oxygens (including phenoxy) is 1. The Hall–Kier alpha value is -3.73. The minimum absolute atomic E-state index is 0.516. The van der Waals surface area contributed by atoms with Gasteiger partial charge >= 0.3 is 6.18 Å². The van der Waals surface area contributed by atoms with Crippen molar-refractivity contribution in [1.82, 2.24) is 5.32 Å². The molecule has 0 heterocycles. The number of alkyl halides is 3. The molecule has 0 fully saturated rings. The number of hydrogen-bond acceptors (Lipinski definition) is 2. The van der Waals surface area contributed by atoms with Gasteiger partial charge in [0.2, 0.25) is 0 Å². The van der Waals surface area contributed by atoms with E-state index in [1.165, 1.54) is 6.08 Å². The van der Waals surface area contributed by atoms with Gasteiger partial charge in [0, 0.05) is 11.8 Å². The minimum atomic E-state index is -4.35. The van der Waals surface area contributed by atoms with Crippen molar-refractivity contribution < 1.29 is 17.9 Å². The van der Waals surface area contributed by atoms with E-state index in [1.54, 1.807) is 19.4 Å². The van der Waals surface area contributed by atoms with Crippen molar-refractivity contribution in [2.75, 3.05) is 7.11 Å². The SMILES string of the molecule is C=CN/C=C(CC/C(C=C)=C/C=C(\C)C(F)(F)F)/C(=C(\C)c1ccc(OC)cc1)c1ccccc1. The van der Waals surface area contributed by atoms with Crippen LogP contribution in [0.25, 0.3) is 11.1 Å². The summed E-state index contributed by atoms with van der Waals surface area (Å²) in [6.45, 7) is 10.7. The average Bonchev–Trinajstić information content (AvgIpc) is 2.86. The van der Waals surface area contributed by atoms with Crippen molar-refractivity contribution in [2.24, 2.45) is 0 Å². The summed E-state index contributed by atoms with van der Waals surface area (Å²) in [5, 5.41) is 3.08. The Bertz CT molecular complexity index is 1120. The Morgan fingerprint density at radius 2 is 1.57 bits per heavy atom. The molecule has 0 aliphatic carbocycles. The summed E-state index contributed by atoms with van der Waals surface area (Å²) in [6, 6.07) is 17.9. The quantitative estimate of drug-likeness (QED) is 0.257. The van der Waals surface area contributed by atoms with Crippen LogP contribution in [-0.2, 0) is 0 Å². The van der Waals surface area contributed by atoms with Crippen LogP contribution in [0, 0.1) is 0 Å². The van der Waals surface area contributed by atoms with Crippen molar-refractivity contribution in [1.29, 1.82) is 0 Å². The van der Waals surface area contributed by atoms with Gasteiger partial charge in [-0.05, 0) is 78.4 Å². The maximum Gasteiger partial charge on any atom is 0.412 e. The highest BCUT2D eigenvalue weighted by Crippen LogP contribution is 2.35. The highest BCUT2D eigenvalue weighted by atomic mass is 19.4. The van der Waals surface area contributed by atoms with Gasteiger partial charge in [0.1, 0.15) is 5.75 Å². The number of rotatable bonds is 11. The zero-order valence-electron chi connectivity index (χ0n) is 20.5. The molecule has 35 heavy (non-hydrogen) atoms. The number of benzene rings is 2. The first-order valence-corrected chi connectivity index (χ1v) is 11.3. The molecule has 0 saturated carbocycles. The first kappa shape index (κ1) is 27.5. The van der Waals surface area contributed by atoms with Crippen molar-refractivity contribution >= 4 is 11.1 Å². The second-order valence-electron chi connectivity index (χ2n) is 7.93. The predicted octanol–water partition coefficient (Wildman–Crippen LogP) is 8.64. The van der Waals surface area contributed by atoms with Crippen LogP contribution < -0.4 is 10.1 Å². The largest absolute Gasteiger partial charge is 0.497 e. The van der Waals surface area contributed by atoms with Gasteiger partial charge in [0.15, 0.2) is 0 Å². The van der Waals surface area contributed by atoms with E-state index in [2.05, 4.69) is 25.4 Å². The first-order chi connectivity index (χ1) is 16.7. The molecule has 184 valence electrons. The van der Waals surface area contributed by atoms with Crippen LogP contribution in [-0.4, -0.2) is 13.3 Å². The monoisotopic (exact) mass is 479 g/mol. The second kappa shape index (κ2) is 13.2. The van der Waals surface area contributed by atoms with Crippen LogP contribution in [0.5, 0.6) is 5.75 Å². The van der Waals surface area contributed by atoms with Crippen LogP contribution in [0.15, 0.2) is 115 Å². The summed E-state index contributed by atoms with van der Waals surface area (Å²) >= 11 is 0. The fourth-order valence-electron chi connectivity index (χ4n) is 3.52. The Morgan fingerprint density at radius 3 is 2.11 bits per heavy atom. The van der Waals surface area contributed by atoms with E-state index in [-0.39, 0.29) is 0 Å². The lowest BCUT2D eigenvalue weighted by atomic mass is 9.87. The van der Waals surface area contributed by atoms with Gasteiger partial charge < -0.3 is 10.1 Å². The Kier molecular flexibility index (Phi) is 10.4. The molecule has 0 amide bonds. The smallest absolute Gasteiger partial charge is 0.412 e. The number of allylic oxidation sites excluding steroid dienone is 8. The van der Waals surface area contributed by atoms with E-state index in [1.807, 2.05) is 60.8 Å². The molecule has 0 bridgehead atoms. The maximum absolute atomic E-state index is 12.9. The zero-order valence-corrected chi connectivity index (χ0v) is 20.5. The molecular weight excluding hydrogens is 447 g/mol. The fourth-order valence-corrected chi connectivity index (χ4v) is 3.52. The summed E-state index contributed by atoms with van der Waals surface area (Å²) in [5.41, 5.74) is 5.23. The molecule has 0 atom stereocenters. The molecule has 2 aromatic carbocycles. The lowest BCUT2D eigenvalue weighted by Crippen LogP contribution is -2.08. The Balaban J connectivity index is 2.52. The van der Waals surface area contributed by atoms with Gasteiger partial charge in [0.25, 0.3) is 0 Å². The van der Waals surface area contributed by atoms with Gasteiger partial charge in [-0.3, -0.25) is 0 Å². The predicted molar refractivity (Wildman–Crippen MR) is 141 cm³/mol. The maximum atomic E-state index is 12.9. The van der Waals surface area contributed by atoms with Gasteiger partial charge in [-0.15, -0.1) is 0 Å². The highest BCUT2D eigenvalue weighted by Gasteiger charge is 2.29. The second-order valence-corrected chi connectivity index (χ2v) is 7.93. The molecule has 2 nitrogen and oxygen atoms in total. The van der Waals surface area contributed by atoms with Gasteiger partial charge in [-0.25, -0.2) is 0 Å². The van der Waals surface area contributed by atoms with E-state index in [4.69, 9.17) is 4.74 Å². The molecule has 0 saturated heterocycles. The molecule has 0 aromatic heterocycles. The lowest BCUT2D eigenvalue weighted by molar-refractivity contribution is -0.0913. The van der Waals surface area contributed by atoms with Crippen molar-refractivity contribution in [3.05, 3.63) is 126 Å². The standard InChI is InChI=1S/C30H32F3NO/c1-6-24(14-13-22(3)30(31,32)33)15-16-27(21-34-7-2)29(26-11-9-8-10-12-26)23(4)25-17-19-28(35-5)20-18-25/h6-14,17-21,34H,1-2,15-16H2,3-5H3/b22-13+,24-14+,27-21+,29-23+. The number of hydrogen-bond donors (Lipinski definition) is 1. The minimum Gasteiger partial charge on any atom is -0.497 e. The molecule has 0 aliphatic heterocycles. The third-order valence-electron chi connectivity index (χ3n) is 5.60. The fraction of sp³-hybridized carbons (Fsp3) is 0.200. The Labute approximate surface area is 206 Å². The van der Waals surface area contributed by atoms with Gasteiger partial charge in [0.05, 0.1) is 7.11 Å². The summed E-state index contributed by atoms with van der Waals surface area (Å²) in [5.74, 6) is 0.773. The molecule has 5 heteroatoms. The van der Waals surface area contributed by atoms with Crippen LogP contribution in [0.3, 0.4) is 0 Å². The summed E-state index contributed by atoms with van der Waals surface area (Å²) < 4.78 is 43.9. The summed E-state index contributed by atoms with van der Waals surface area (Å²) in [7, 11) is 1.63. The van der Waals surface area contributed by atoms with E-state index >= 15 is 0 Å². The van der Waals surface area contributed by atoms with Crippen molar-refractivity contribution in [3.8, 4) is 5.75 Å². The molecule has 1 N–H and O–H groups in total. The highest BCUT2D eigenvalue weighted by molar-refractivity contribution is 5.97. The molecule has 0 radical (unpaired) electrons. The normalized spacial score (nSPS) is 13.7. The zero-order chi connectivity index (χ0) is 25.8. The molecule has 0 spiro atoms. The number of halogens is 3. The molecule has 2 rings (SSSR count). The Morgan fingerprint density at radius 1 is 0.914 bits per heavy atom. The molecule has 2 aromatic rings. The van der Waals surface area contributed by atoms with Gasteiger partial charge in [-0.1, -0.05) is 73.9 Å². The van der Waals surface area contributed by atoms with Crippen LogP contribution in [0.1, 0.15) is 37.8 Å². The van der Waals surface area contributed by atoms with Crippen molar-refractivity contribution in [3.63, 3.8) is 0 Å². The summed E-state index contributed by atoms with van der Waals surface area (Å²) in [4.78, 5) is 0. The number of methoxy groups -OCH3 is 1. The number of nitrogens with one attached hydrogen (secondary N) is 1. The third-order valence-corrected chi connectivity index (χ3v) is 5.60. The molecule has 0 unspecified atom stereocenters. The molecule has 0 aliphatic rings. The topological polar surface area (TPSA) is 21.3 Å². The first-order valence-electron chi connectivity index (χ1n) is 11.3. The van der Waals surface area contributed by atoms with E-state index in [0.29, 0.717) is 18.4 Å². The van der Waals surface area contributed by atoms with E-state index < -0.39 is 11.7 Å². The summed E-state index contributed by atoms with van der Waals surface area (Å²) in [6.07, 6.45) is 4.40. The van der Waals surface area contributed by atoms with E-state index in [9.17, 15) is 13.2 Å².